The maximum absolute atomic E-state index is 9.67. The highest BCUT2D eigenvalue weighted by Gasteiger charge is 2.20. The van der Waals surface area contributed by atoms with Crippen molar-refractivity contribution in [2.45, 2.75) is 58.1 Å². The summed E-state index contributed by atoms with van der Waals surface area (Å²) in [6, 6.07) is 9.26. The first-order chi connectivity index (χ1) is 14.1. The van der Waals surface area contributed by atoms with E-state index < -0.39 is 0 Å². The highest BCUT2D eigenvalue weighted by Crippen LogP contribution is 2.19. The van der Waals surface area contributed by atoms with E-state index in [0.29, 0.717) is 6.04 Å². The molecule has 0 atom stereocenters. The van der Waals surface area contributed by atoms with Crippen molar-refractivity contribution in [1.82, 2.24) is 15.5 Å². The molecule has 1 saturated heterocycles. The molecule has 1 saturated carbocycles. The fourth-order valence-electron chi connectivity index (χ4n) is 4.27. The summed E-state index contributed by atoms with van der Waals surface area (Å²) in [5, 5.41) is 16.6. The molecular formula is C23H40IN5O. The molecule has 0 aromatic heterocycles. The van der Waals surface area contributed by atoms with Crippen LogP contribution in [0, 0.1) is 6.92 Å². The van der Waals surface area contributed by atoms with Gasteiger partial charge in [0.1, 0.15) is 0 Å². The van der Waals surface area contributed by atoms with E-state index in [2.05, 4.69) is 58.5 Å². The molecule has 1 heterocycles. The Labute approximate surface area is 199 Å². The lowest BCUT2D eigenvalue weighted by molar-refractivity contribution is 0.120. The third-order valence-corrected chi connectivity index (χ3v) is 6.02. The fraction of sp³-hybridized carbons (Fsp3) is 0.696. The van der Waals surface area contributed by atoms with E-state index in [4.69, 9.17) is 4.99 Å². The molecule has 6 nitrogen and oxygen atoms in total. The number of nitrogens with zero attached hydrogens (tertiary/aromatic N) is 3. The number of anilines is 1. The fourth-order valence-corrected chi connectivity index (χ4v) is 4.27. The highest BCUT2D eigenvalue weighted by molar-refractivity contribution is 14.0. The SMILES string of the molecule is CCNC(=NCCCN1CCN(c2cccc(C)c2)CC1)NC1CCC(O)CC1.I. The molecule has 3 rings (SSSR count). The van der Waals surface area contributed by atoms with E-state index in [-0.39, 0.29) is 30.1 Å². The maximum atomic E-state index is 9.67. The van der Waals surface area contributed by atoms with Gasteiger partial charge in [-0.1, -0.05) is 12.1 Å². The Morgan fingerprint density at radius 3 is 2.53 bits per heavy atom. The molecule has 1 aromatic carbocycles. The van der Waals surface area contributed by atoms with Gasteiger partial charge < -0.3 is 20.6 Å². The molecule has 2 fully saturated rings. The molecule has 170 valence electrons. The summed E-state index contributed by atoms with van der Waals surface area (Å²) in [6.45, 7) is 11.6. The van der Waals surface area contributed by atoms with Crippen molar-refractivity contribution in [3.63, 3.8) is 0 Å². The van der Waals surface area contributed by atoms with Crippen molar-refractivity contribution < 1.29 is 5.11 Å². The van der Waals surface area contributed by atoms with Crippen LogP contribution in [0.4, 0.5) is 5.69 Å². The first-order valence-corrected chi connectivity index (χ1v) is 11.4. The molecule has 1 aromatic rings. The van der Waals surface area contributed by atoms with Crippen molar-refractivity contribution in [3.8, 4) is 0 Å². The van der Waals surface area contributed by atoms with E-state index >= 15 is 0 Å². The minimum atomic E-state index is -0.112. The second-order valence-corrected chi connectivity index (χ2v) is 8.43. The van der Waals surface area contributed by atoms with Gasteiger partial charge >= 0.3 is 0 Å². The van der Waals surface area contributed by atoms with E-state index in [1.807, 2.05) is 0 Å². The molecule has 3 N–H and O–H groups in total. The zero-order chi connectivity index (χ0) is 20.5. The number of halogens is 1. The second kappa shape index (κ2) is 13.4. The number of nitrogens with one attached hydrogen (secondary N) is 2. The van der Waals surface area contributed by atoms with Crippen LogP contribution in [0.5, 0.6) is 0 Å². The Bertz CT molecular complexity index is 640. The molecular weight excluding hydrogens is 489 g/mol. The number of guanidine groups is 1. The summed E-state index contributed by atoms with van der Waals surface area (Å²) in [7, 11) is 0. The van der Waals surface area contributed by atoms with Crippen LogP contribution < -0.4 is 15.5 Å². The van der Waals surface area contributed by atoms with E-state index in [0.717, 1.165) is 83.9 Å². The standard InChI is InChI=1S/C23H39N5O.HI/c1-3-24-23(26-20-8-10-22(29)11-9-20)25-12-5-13-27-14-16-28(17-15-27)21-7-4-6-19(2)18-21;/h4,6-7,18,20,22,29H,3,5,8-17H2,1-2H3,(H2,24,25,26);1H. The summed E-state index contributed by atoms with van der Waals surface area (Å²) >= 11 is 0. The Balaban J connectivity index is 0.00000320. The molecule has 0 amide bonds. The predicted molar refractivity (Wildman–Crippen MR) is 137 cm³/mol. The number of hydrogen-bond acceptors (Lipinski definition) is 4. The normalized spacial score (nSPS) is 23.0. The van der Waals surface area contributed by atoms with Crippen LogP contribution in [0.1, 0.15) is 44.6 Å². The average Bonchev–Trinajstić information content (AvgIpc) is 2.73. The van der Waals surface area contributed by atoms with Gasteiger partial charge in [-0.15, -0.1) is 24.0 Å². The first-order valence-electron chi connectivity index (χ1n) is 11.4. The number of hydrogen-bond donors (Lipinski definition) is 3. The second-order valence-electron chi connectivity index (χ2n) is 8.43. The molecule has 2 aliphatic rings. The van der Waals surface area contributed by atoms with Crippen molar-refractivity contribution >= 4 is 35.6 Å². The summed E-state index contributed by atoms with van der Waals surface area (Å²) in [4.78, 5) is 9.83. The number of aliphatic hydroxyl groups excluding tert-OH is 1. The lowest BCUT2D eigenvalue weighted by Gasteiger charge is -2.36. The van der Waals surface area contributed by atoms with Crippen molar-refractivity contribution in [3.05, 3.63) is 29.8 Å². The number of aliphatic hydroxyl groups is 1. The molecule has 1 aliphatic carbocycles. The van der Waals surface area contributed by atoms with Crippen molar-refractivity contribution in [2.24, 2.45) is 4.99 Å². The van der Waals surface area contributed by atoms with Gasteiger partial charge in [0.2, 0.25) is 0 Å². The molecule has 0 unspecified atom stereocenters. The van der Waals surface area contributed by atoms with Gasteiger partial charge in [0, 0.05) is 57.5 Å². The van der Waals surface area contributed by atoms with E-state index in [9.17, 15) is 5.11 Å². The van der Waals surface area contributed by atoms with Gasteiger partial charge in [0.15, 0.2) is 5.96 Å². The summed E-state index contributed by atoms with van der Waals surface area (Å²) in [5.41, 5.74) is 2.68. The largest absolute Gasteiger partial charge is 0.393 e. The van der Waals surface area contributed by atoms with Crippen LogP contribution in [0.25, 0.3) is 0 Å². The van der Waals surface area contributed by atoms with Gasteiger partial charge in [-0.25, -0.2) is 0 Å². The third-order valence-electron chi connectivity index (χ3n) is 6.02. The number of aryl methyl sites for hydroxylation is 1. The van der Waals surface area contributed by atoms with Gasteiger partial charge in [0.25, 0.3) is 0 Å². The topological polar surface area (TPSA) is 63.1 Å². The monoisotopic (exact) mass is 529 g/mol. The van der Waals surface area contributed by atoms with Gasteiger partial charge in [-0.3, -0.25) is 9.89 Å². The molecule has 0 radical (unpaired) electrons. The van der Waals surface area contributed by atoms with Crippen LogP contribution in [-0.4, -0.2) is 73.9 Å². The zero-order valence-corrected chi connectivity index (χ0v) is 21.0. The lowest BCUT2D eigenvalue weighted by atomic mass is 9.93. The Kier molecular flexibility index (Phi) is 11.2. The van der Waals surface area contributed by atoms with E-state index in [1.165, 1.54) is 11.3 Å². The summed E-state index contributed by atoms with van der Waals surface area (Å²) in [6.07, 6.45) is 4.81. The van der Waals surface area contributed by atoms with Crippen LogP contribution in [0.15, 0.2) is 29.3 Å². The smallest absolute Gasteiger partial charge is 0.191 e. The zero-order valence-electron chi connectivity index (χ0n) is 18.6. The van der Waals surface area contributed by atoms with Crippen LogP contribution >= 0.6 is 24.0 Å². The first kappa shape index (κ1) is 25.2. The Hall–Kier alpha value is -1.06. The number of rotatable bonds is 7. The van der Waals surface area contributed by atoms with Gasteiger partial charge in [-0.2, -0.15) is 0 Å². The summed E-state index contributed by atoms with van der Waals surface area (Å²) < 4.78 is 0. The molecule has 7 heteroatoms. The number of benzene rings is 1. The minimum absolute atomic E-state index is 0. The summed E-state index contributed by atoms with van der Waals surface area (Å²) in [5.74, 6) is 0.929. The molecule has 30 heavy (non-hydrogen) atoms. The van der Waals surface area contributed by atoms with Gasteiger partial charge in [0.05, 0.1) is 6.10 Å². The van der Waals surface area contributed by atoms with Crippen LogP contribution in [0.3, 0.4) is 0 Å². The lowest BCUT2D eigenvalue weighted by Crippen LogP contribution is -2.47. The Morgan fingerprint density at radius 1 is 1.13 bits per heavy atom. The minimum Gasteiger partial charge on any atom is -0.393 e. The van der Waals surface area contributed by atoms with Crippen molar-refractivity contribution in [2.75, 3.05) is 50.7 Å². The maximum Gasteiger partial charge on any atom is 0.191 e. The van der Waals surface area contributed by atoms with Crippen LogP contribution in [-0.2, 0) is 0 Å². The average molecular weight is 530 g/mol. The van der Waals surface area contributed by atoms with Gasteiger partial charge in [-0.05, 0) is 63.6 Å². The predicted octanol–water partition coefficient (Wildman–Crippen LogP) is 2.98. The van der Waals surface area contributed by atoms with E-state index in [1.54, 1.807) is 0 Å². The number of piperazine rings is 1. The quantitative estimate of drug-likeness (QED) is 0.220. The molecule has 0 spiro atoms. The molecule has 1 aliphatic heterocycles. The third kappa shape index (κ3) is 8.23. The molecule has 0 bridgehead atoms. The van der Waals surface area contributed by atoms with Crippen LogP contribution in [0.2, 0.25) is 0 Å². The number of aliphatic imine (C=N–C) groups is 1. The van der Waals surface area contributed by atoms with Crippen molar-refractivity contribution in [1.29, 1.82) is 0 Å². The Morgan fingerprint density at radius 2 is 1.87 bits per heavy atom. The highest BCUT2D eigenvalue weighted by atomic mass is 127.